The van der Waals surface area contributed by atoms with Crippen LogP contribution in [0.2, 0.25) is 10.0 Å². The van der Waals surface area contributed by atoms with Crippen molar-refractivity contribution < 1.29 is 13.9 Å². The zero-order chi connectivity index (χ0) is 29.4. The molecule has 2 aromatic carbocycles. The first-order valence-electron chi connectivity index (χ1n) is 12.6. The van der Waals surface area contributed by atoms with Crippen LogP contribution in [0.1, 0.15) is 31.2 Å². The minimum absolute atomic E-state index is 0.159. The number of aromatic nitrogens is 5. The number of benzene rings is 2. The van der Waals surface area contributed by atoms with Crippen LogP contribution < -0.4 is 14.9 Å². The Morgan fingerprint density at radius 2 is 1.95 bits per heavy atom. The molecule has 4 heterocycles. The lowest BCUT2D eigenvalue weighted by Crippen LogP contribution is -2.40. The lowest BCUT2D eigenvalue weighted by atomic mass is 9.96. The summed E-state index contributed by atoms with van der Waals surface area (Å²) in [5.41, 5.74) is 1.57. The number of carbonyl (C=O) groups excluding carboxylic acids is 1. The van der Waals surface area contributed by atoms with Gasteiger partial charge in [0.05, 0.1) is 38.1 Å². The van der Waals surface area contributed by atoms with Gasteiger partial charge in [-0.25, -0.2) is 9.79 Å². The molecule has 1 aliphatic heterocycles. The summed E-state index contributed by atoms with van der Waals surface area (Å²) in [7, 11) is 0. The number of hydrogen-bond acceptors (Lipinski definition) is 10. The number of para-hydroxylation sites is 1. The zero-order valence-electron chi connectivity index (χ0n) is 22.0. The first-order valence-corrected chi connectivity index (χ1v) is 15.0. The highest BCUT2D eigenvalue weighted by atomic mass is 35.5. The van der Waals surface area contributed by atoms with Crippen molar-refractivity contribution in [1.29, 1.82) is 0 Å². The van der Waals surface area contributed by atoms with Gasteiger partial charge < -0.3 is 9.15 Å². The Morgan fingerprint density at radius 3 is 2.74 bits per heavy atom. The van der Waals surface area contributed by atoms with Gasteiger partial charge in [-0.2, -0.15) is 4.68 Å². The van der Waals surface area contributed by atoms with Crippen molar-refractivity contribution in [2.75, 3.05) is 6.61 Å². The van der Waals surface area contributed by atoms with Gasteiger partial charge in [0.15, 0.2) is 9.89 Å². The number of ether oxygens (including phenoxy) is 1. The fourth-order valence-corrected chi connectivity index (χ4v) is 6.67. The number of carbonyl (C=O) groups is 1. The van der Waals surface area contributed by atoms with Gasteiger partial charge in [-0.3, -0.25) is 9.36 Å². The molecule has 5 aromatic rings. The van der Waals surface area contributed by atoms with Crippen molar-refractivity contribution in [2.24, 2.45) is 4.99 Å². The maximum absolute atomic E-state index is 13.8. The second kappa shape index (κ2) is 11.7. The highest BCUT2D eigenvalue weighted by molar-refractivity contribution is 7.99. The molecule has 0 saturated carbocycles. The molecule has 0 spiro atoms. The van der Waals surface area contributed by atoms with Crippen molar-refractivity contribution in [3.8, 4) is 5.69 Å². The van der Waals surface area contributed by atoms with Gasteiger partial charge in [-0.05, 0) is 66.4 Å². The van der Waals surface area contributed by atoms with E-state index in [1.165, 1.54) is 27.7 Å². The van der Waals surface area contributed by atoms with Gasteiger partial charge in [0.2, 0.25) is 5.16 Å². The van der Waals surface area contributed by atoms with Crippen LogP contribution in [0, 0.1) is 0 Å². The van der Waals surface area contributed by atoms with E-state index in [2.05, 4.69) is 20.5 Å². The third kappa shape index (κ3) is 5.22. The van der Waals surface area contributed by atoms with Crippen LogP contribution >= 0.6 is 46.3 Å². The second-order valence-corrected chi connectivity index (χ2v) is 11.7. The highest BCUT2D eigenvalue weighted by Crippen LogP contribution is 2.37. The quantitative estimate of drug-likeness (QED) is 0.233. The van der Waals surface area contributed by atoms with E-state index < -0.39 is 12.0 Å². The van der Waals surface area contributed by atoms with Crippen molar-refractivity contribution in [1.82, 2.24) is 24.8 Å². The maximum Gasteiger partial charge on any atom is 0.338 e. The minimum Gasteiger partial charge on any atom is -0.463 e. The lowest BCUT2D eigenvalue weighted by molar-refractivity contribution is -0.139. The van der Waals surface area contributed by atoms with Gasteiger partial charge >= 0.3 is 5.97 Å². The Bertz CT molecular complexity index is 2030. The first kappa shape index (κ1) is 28.2. The van der Waals surface area contributed by atoms with E-state index in [1.54, 1.807) is 54.9 Å². The number of halogens is 2. The molecule has 3 aromatic heterocycles. The number of esters is 1. The van der Waals surface area contributed by atoms with Crippen LogP contribution in [-0.2, 0) is 9.53 Å². The lowest BCUT2D eigenvalue weighted by Gasteiger charge is -2.25. The topological polar surface area (TPSA) is 117 Å². The zero-order valence-corrected chi connectivity index (χ0v) is 25.2. The summed E-state index contributed by atoms with van der Waals surface area (Å²) in [6.45, 7) is 3.57. The summed E-state index contributed by atoms with van der Waals surface area (Å²) in [6.07, 6.45) is 1.63. The number of nitrogens with zero attached hydrogens (tertiary/aromatic N) is 6. The normalized spacial score (nSPS) is 15.0. The monoisotopic (exact) mass is 638 g/mol. The molecule has 0 amide bonds. The van der Waals surface area contributed by atoms with Gasteiger partial charge in [0.1, 0.15) is 11.8 Å². The Morgan fingerprint density at radius 1 is 1.14 bits per heavy atom. The van der Waals surface area contributed by atoms with E-state index in [0.29, 0.717) is 41.6 Å². The van der Waals surface area contributed by atoms with Crippen LogP contribution in [-0.4, -0.2) is 37.4 Å². The molecule has 14 heteroatoms. The fraction of sp³-hybridized carbons (Fsp3) is 0.143. The molecule has 0 N–H and O–H groups in total. The molecule has 0 radical (unpaired) electrons. The van der Waals surface area contributed by atoms with Crippen LogP contribution in [0.5, 0.6) is 0 Å². The molecule has 1 aliphatic rings. The largest absolute Gasteiger partial charge is 0.463 e. The number of hydrogen-bond donors (Lipinski definition) is 0. The molecule has 6 rings (SSSR count). The first-order chi connectivity index (χ1) is 20.4. The molecule has 0 aliphatic carbocycles. The number of rotatable bonds is 7. The maximum atomic E-state index is 13.8. The summed E-state index contributed by atoms with van der Waals surface area (Å²) >= 11 is 15.3. The van der Waals surface area contributed by atoms with E-state index in [-0.39, 0.29) is 22.8 Å². The van der Waals surface area contributed by atoms with Crippen molar-refractivity contribution in [3.05, 3.63) is 113 Å². The van der Waals surface area contributed by atoms with Gasteiger partial charge in [0.25, 0.3) is 5.56 Å². The Kier molecular flexibility index (Phi) is 7.86. The van der Waals surface area contributed by atoms with Crippen molar-refractivity contribution in [2.45, 2.75) is 30.1 Å². The Labute approximate surface area is 256 Å². The minimum atomic E-state index is -0.881. The van der Waals surface area contributed by atoms with E-state index in [4.69, 9.17) is 32.4 Å². The molecule has 0 saturated heterocycles. The summed E-state index contributed by atoms with van der Waals surface area (Å²) in [5.74, 6) is -0.139. The summed E-state index contributed by atoms with van der Waals surface area (Å²) in [5, 5.41) is 13.5. The summed E-state index contributed by atoms with van der Waals surface area (Å²) in [4.78, 5) is 31.9. The predicted octanol–water partition coefficient (Wildman–Crippen LogP) is 4.83. The Hall–Kier alpha value is -3.97. The average molecular weight is 640 g/mol. The summed E-state index contributed by atoms with van der Waals surface area (Å²) in [6, 6.07) is 17.2. The molecular weight excluding hydrogens is 619 g/mol. The van der Waals surface area contributed by atoms with Crippen molar-refractivity contribution >= 4 is 58.3 Å². The molecule has 212 valence electrons. The average Bonchev–Trinajstić information content (AvgIpc) is 3.70. The molecule has 1 atom stereocenters. The Balaban J connectivity index is 1.39. The van der Waals surface area contributed by atoms with E-state index in [1.807, 2.05) is 30.3 Å². The molecule has 0 unspecified atom stereocenters. The highest BCUT2D eigenvalue weighted by Gasteiger charge is 2.35. The predicted molar refractivity (Wildman–Crippen MR) is 159 cm³/mol. The molecular formula is C28H20Cl2N6O4S2. The number of furan rings is 1. The SMILES string of the molecule is CCOC(=O)C1=C(C)N=c2s/c(=C\c3ccc(Sc4nnnn4-c4ccccc4)o3)c(=O)n2[C@@H]1c1cccc(Cl)c1Cl. The van der Waals surface area contributed by atoms with E-state index in [9.17, 15) is 9.59 Å². The fourth-order valence-electron chi connectivity index (χ4n) is 4.48. The van der Waals surface area contributed by atoms with Gasteiger partial charge in [-0.1, -0.05) is 64.9 Å². The number of thiazole rings is 1. The number of allylic oxidation sites excluding steroid dienone is 1. The smallest absolute Gasteiger partial charge is 0.338 e. The standard InChI is InChI=1S/C28H20Cl2N6O4S2/c1-3-39-26(38)22-15(2)31-27-35(24(22)18-10-7-11-19(29)23(18)30)25(37)20(41-27)14-17-12-13-21(40-17)42-28-32-33-34-36(28)16-8-5-4-6-9-16/h4-14,24H,3H2,1-2H3/b20-14-/t24-/m1/s1. The van der Waals surface area contributed by atoms with Crippen LogP contribution in [0.3, 0.4) is 0 Å². The molecule has 0 bridgehead atoms. The van der Waals surface area contributed by atoms with Gasteiger partial charge in [0, 0.05) is 11.6 Å². The third-order valence-corrected chi connectivity index (χ3v) is 8.98. The van der Waals surface area contributed by atoms with Gasteiger partial charge in [-0.15, -0.1) is 5.10 Å². The van der Waals surface area contributed by atoms with Crippen LogP contribution in [0.4, 0.5) is 0 Å². The second-order valence-electron chi connectivity index (χ2n) is 8.91. The van der Waals surface area contributed by atoms with Crippen LogP contribution in [0.15, 0.2) is 96.4 Å². The van der Waals surface area contributed by atoms with E-state index in [0.717, 1.165) is 5.69 Å². The molecule has 42 heavy (non-hydrogen) atoms. The summed E-state index contributed by atoms with van der Waals surface area (Å²) < 4.78 is 14.7. The number of fused-ring (bicyclic) bond motifs is 1. The number of tetrazole rings is 1. The van der Waals surface area contributed by atoms with Crippen molar-refractivity contribution in [3.63, 3.8) is 0 Å². The molecule has 0 fully saturated rings. The molecule has 10 nitrogen and oxygen atoms in total. The van der Waals surface area contributed by atoms with E-state index >= 15 is 0 Å². The third-order valence-electron chi connectivity index (χ3n) is 6.30. The van der Waals surface area contributed by atoms with Crippen LogP contribution in [0.25, 0.3) is 11.8 Å².